The summed E-state index contributed by atoms with van der Waals surface area (Å²) in [6.07, 6.45) is 0. The van der Waals surface area contributed by atoms with Crippen molar-refractivity contribution < 1.29 is 13.9 Å². The van der Waals surface area contributed by atoms with Gasteiger partial charge in [-0.15, -0.1) is 11.3 Å². The highest BCUT2D eigenvalue weighted by molar-refractivity contribution is 7.12. The Balaban J connectivity index is 1.63. The van der Waals surface area contributed by atoms with E-state index in [2.05, 4.69) is 5.32 Å². The number of amides is 1. The largest absolute Gasteiger partial charge is 0.489 e. The molecule has 0 unspecified atom stereocenters. The standard InChI is InChI=1S/C19H15ClFNO2S/c1-12-16(20)3-2-4-17(12)22-19(23)18-9-13(11-25-18)10-24-15-7-5-14(21)6-8-15/h2-9,11H,10H2,1H3,(H,22,23). The molecule has 25 heavy (non-hydrogen) atoms. The SMILES string of the molecule is Cc1c(Cl)cccc1NC(=O)c1cc(COc2ccc(F)cc2)cs1. The molecule has 0 fully saturated rings. The summed E-state index contributed by atoms with van der Waals surface area (Å²) >= 11 is 7.41. The summed E-state index contributed by atoms with van der Waals surface area (Å²) < 4.78 is 18.5. The average molecular weight is 376 g/mol. The van der Waals surface area contributed by atoms with Crippen LogP contribution >= 0.6 is 22.9 Å². The van der Waals surface area contributed by atoms with Crippen LogP contribution in [0.2, 0.25) is 5.02 Å². The Morgan fingerprint density at radius 3 is 2.76 bits per heavy atom. The molecule has 1 N–H and O–H groups in total. The maximum absolute atomic E-state index is 12.9. The van der Waals surface area contributed by atoms with Crippen LogP contribution in [-0.4, -0.2) is 5.91 Å². The fourth-order valence-electron chi connectivity index (χ4n) is 2.19. The lowest BCUT2D eigenvalue weighted by atomic mass is 10.2. The van der Waals surface area contributed by atoms with Gasteiger partial charge in [-0.1, -0.05) is 17.7 Å². The Labute approximate surface area is 154 Å². The molecule has 0 radical (unpaired) electrons. The van der Waals surface area contributed by atoms with Crippen molar-refractivity contribution in [1.29, 1.82) is 0 Å². The maximum atomic E-state index is 12.9. The van der Waals surface area contributed by atoms with Crippen molar-refractivity contribution in [3.63, 3.8) is 0 Å². The van der Waals surface area contributed by atoms with Gasteiger partial charge in [0, 0.05) is 16.3 Å². The Hall–Kier alpha value is -2.37. The van der Waals surface area contributed by atoms with E-state index >= 15 is 0 Å². The molecule has 3 rings (SSSR count). The molecule has 0 bridgehead atoms. The lowest BCUT2D eigenvalue weighted by molar-refractivity contribution is 0.103. The Morgan fingerprint density at radius 2 is 2.00 bits per heavy atom. The first kappa shape index (κ1) is 17.5. The van der Waals surface area contributed by atoms with Crippen LogP contribution in [0.5, 0.6) is 5.75 Å². The number of carbonyl (C=O) groups excluding carboxylic acids is 1. The van der Waals surface area contributed by atoms with Crippen LogP contribution in [-0.2, 0) is 6.61 Å². The zero-order valence-corrected chi connectivity index (χ0v) is 15.0. The molecule has 0 saturated carbocycles. The molecule has 3 aromatic rings. The number of carbonyl (C=O) groups is 1. The quantitative estimate of drug-likeness (QED) is 0.623. The molecule has 3 nitrogen and oxygen atoms in total. The number of ether oxygens (including phenoxy) is 1. The summed E-state index contributed by atoms with van der Waals surface area (Å²) in [5, 5.41) is 5.34. The van der Waals surface area contributed by atoms with Gasteiger partial charge in [0.05, 0.1) is 4.88 Å². The maximum Gasteiger partial charge on any atom is 0.265 e. The molecule has 0 aliphatic carbocycles. The van der Waals surface area contributed by atoms with Gasteiger partial charge in [-0.05, 0) is 60.3 Å². The van der Waals surface area contributed by atoms with Crippen LogP contribution in [0.4, 0.5) is 10.1 Å². The smallest absolute Gasteiger partial charge is 0.265 e. The van der Waals surface area contributed by atoms with E-state index < -0.39 is 0 Å². The van der Waals surface area contributed by atoms with Crippen LogP contribution in [0.15, 0.2) is 53.9 Å². The number of nitrogens with one attached hydrogen (secondary N) is 1. The lowest BCUT2D eigenvalue weighted by Crippen LogP contribution is -2.11. The van der Waals surface area contributed by atoms with E-state index in [0.717, 1.165) is 11.1 Å². The van der Waals surface area contributed by atoms with Crippen LogP contribution in [0.25, 0.3) is 0 Å². The normalized spacial score (nSPS) is 10.5. The molecule has 0 aliphatic heterocycles. The number of hydrogen-bond donors (Lipinski definition) is 1. The lowest BCUT2D eigenvalue weighted by Gasteiger charge is -2.08. The minimum atomic E-state index is -0.307. The Morgan fingerprint density at radius 1 is 1.24 bits per heavy atom. The third kappa shape index (κ3) is 4.38. The molecule has 1 amide bonds. The van der Waals surface area contributed by atoms with E-state index in [1.54, 1.807) is 30.3 Å². The van der Waals surface area contributed by atoms with Crippen LogP contribution < -0.4 is 10.1 Å². The van der Waals surface area contributed by atoms with Gasteiger partial charge >= 0.3 is 0 Å². The molecule has 0 spiro atoms. The molecular weight excluding hydrogens is 361 g/mol. The van der Waals surface area contributed by atoms with Crippen molar-refractivity contribution in [1.82, 2.24) is 0 Å². The molecule has 128 valence electrons. The molecule has 1 heterocycles. The Bertz CT molecular complexity index is 893. The number of benzene rings is 2. The molecule has 6 heteroatoms. The predicted octanol–water partition coefficient (Wildman–Crippen LogP) is 5.68. The molecule has 1 aromatic heterocycles. The zero-order valence-electron chi connectivity index (χ0n) is 13.4. The second-order valence-electron chi connectivity index (χ2n) is 5.43. The number of rotatable bonds is 5. The van der Waals surface area contributed by atoms with Gasteiger partial charge in [0.15, 0.2) is 0 Å². The summed E-state index contributed by atoms with van der Waals surface area (Å²) in [6.45, 7) is 2.17. The third-order valence-electron chi connectivity index (χ3n) is 3.61. The van der Waals surface area contributed by atoms with Crippen molar-refractivity contribution in [2.24, 2.45) is 0 Å². The monoisotopic (exact) mass is 375 g/mol. The highest BCUT2D eigenvalue weighted by Crippen LogP contribution is 2.25. The van der Waals surface area contributed by atoms with Crippen LogP contribution in [0.3, 0.4) is 0 Å². The highest BCUT2D eigenvalue weighted by atomic mass is 35.5. The minimum Gasteiger partial charge on any atom is -0.489 e. The van der Waals surface area contributed by atoms with Gasteiger partial charge in [0.25, 0.3) is 5.91 Å². The minimum absolute atomic E-state index is 0.191. The molecule has 2 aromatic carbocycles. The van der Waals surface area contributed by atoms with Gasteiger partial charge in [-0.25, -0.2) is 4.39 Å². The van der Waals surface area contributed by atoms with Crippen LogP contribution in [0, 0.1) is 12.7 Å². The Kier molecular flexibility index (Phi) is 5.36. The van der Waals surface area contributed by atoms with Gasteiger partial charge in [-0.3, -0.25) is 4.79 Å². The highest BCUT2D eigenvalue weighted by Gasteiger charge is 2.12. The second-order valence-corrected chi connectivity index (χ2v) is 6.75. The van der Waals surface area contributed by atoms with E-state index in [-0.39, 0.29) is 11.7 Å². The number of hydrogen-bond acceptors (Lipinski definition) is 3. The zero-order chi connectivity index (χ0) is 17.8. The van der Waals surface area contributed by atoms with Crippen molar-refractivity contribution >= 4 is 34.5 Å². The van der Waals surface area contributed by atoms with Crippen molar-refractivity contribution in [2.75, 3.05) is 5.32 Å². The second kappa shape index (κ2) is 7.68. The predicted molar refractivity (Wildman–Crippen MR) is 99.2 cm³/mol. The van der Waals surface area contributed by atoms with Crippen molar-refractivity contribution in [2.45, 2.75) is 13.5 Å². The van der Waals surface area contributed by atoms with E-state index in [4.69, 9.17) is 16.3 Å². The van der Waals surface area contributed by atoms with Gasteiger partial charge in [0.2, 0.25) is 0 Å². The first-order valence-corrected chi connectivity index (χ1v) is 8.81. The van der Waals surface area contributed by atoms with E-state index in [0.29, 0.717) is 27.9 Å². The fourth-order valence-corrected chi connectivity index (χ4v) is 3.16. The summed E-state index contributed by atoms with van der Waals surface area (Å²) in [6, 6.07) is 13.0. The van der Waals surface area contributed by atoms with Gasteiger partial charge < -0.3 is 10.1 Å². The van der Waals surface area contributed by atoms with Crippen molar-refractivity contribution in [3.8, 4) is 5.75 Å². The fraction of sp³-hybridized carbons (Fsp3) is 0.105. The van der Waals surface area contributed by atoms with E-state index in [1.165, 1.54) is 23.5 Å². The topological polar surface area (TPSA) is 38.3 Å². The first-order chi connectivity index (χ1) is 12.0. The summed E-state index contributed by atoms with van der Waals surface area (Å²) in [4.78, 5) is 13.0. The van der Waals surface area contributed by atoms with Crippen molar-refractivity contribution in [3.05, 3.63) is 80.8 Å². The van der Waals surface area contributed by atoms with Crippen LogP contribution in [0.1, 0.15) is 20.8 Å². The summed E-state index contributed by atoms with van der Waals surface area (Å²) in [5.74, 6) is 0.0784. The van der Waals surface area contributed by atoms with Gasteiger partial charge in [-0.2, -0.15) is 0 Å². The third-order valence-corrected chi connectivity index (χ3v) is 5.00. The summed E-state index contributed by atoms with van der Waals surface area (Å²) in [7, 11) is 0. The number of halogens is 2. The average Bonchev–Trinajstić information content (AvgIpc) is 3.08. The first-order valence-electron chi connectivity index (χ1n) is 7.55. The number of thiophene rings is 1. The van der Waals surface area contributed by atoms with Gasteiger partial charge in [0.1, 0.15) is 18.2 Å². The van der Waals surface area contributed by atoms with E-state index in [1.807, 2.05) is 18.4 Å². The van der Waals surface area contributed by atoms with E-state index in [9.17, 15) is 9.18 Å². The molecule has 0 aliphatic rings. The number of anilines is 1. The molecule has 0 saturated heterocycles. The molecular formula is C19H15ClFNO2S. The molecule has 0 atom stereocenters. The summed E-state index contributed by atoms with van der Waals surface area (Å²) in [5.41, 5.74) is 2.39.